The maximum atomic E-state index is 11.4. The molecule has 5 rings (SSSR count). The normalized spacial score (nSPS) is 17.5. The predicted molar refractivity (Wildman–Crippen MR) is 128 cm³/mol. The van der Waals surface area contributed by atoms with Crippen molar-refractivity contribution in [2.45, 2.75) is 12.8 Å². The third kappa shape index (κ3) is 4.03. The van der Waals surface area contributed by atoms with Gasteiger partial charge in [-0.3, -0.25) is 4.90 Å². The number of aliphatic imine (C=N–C) groups is 1. The summed E-state index contributed by atoms with van der Waals surface area (Å²) in [6, 6.07) is 25.6. The van der Waals surface area contributed by atoms with E-state index in [1.54, 1.807) is 0 Å². The number of benzene rings is 3. The molecule has 1 unspecified atom stereocenters. The second kappa shape index (κ2) is 8.73. The van der Waals surface area contributed by atoms with Gasteiger partial charge in [0.25, 0.3) is 0 Å². The lowest BCUT2D eigenvalue weighted by atomic mass is 10.0. The molecular weight excluding hydrogens is 398 g/mol. The number of aliphatic hydroxyl groups excluding tert-OH is 1. The van der Waals surface area contributed by atoms with Crippen LogP contribution in [0, 0.1) is 0 Å². The van der Waals surface area contributed by atoms with Crippen molar-refractivity contribution in [3.05, 3.63) is 114 Å². The molecule has 0 aromatic heterocycles. The fourth-order valence-electron chi connectivity index (χ4n) is 4.01. The van der Waals surface area contributed by atoms with Gasteiger partial charge >= 0.3 is 0 Å². The van der Waals surface area contributed by atoms with E-state index < -0.39 is 6.23 Å². The zero-order valence-corrected chi connectivity index (χ0v) is 17.9. The topological polar surface area (TPSA) is 48.3 Å². The SMILES string of the molecule is CN1C=CC=C(C2=Nc3ccccc3C(O)N2c2cccc(OCc3ccccc3)c2)C1. The van der Waals surface area contributed by atoms with Crippen LogP contribution in [0.3, 0.4) is 0 Å². The highest BCUT2D eigenvalue weighted by Crippen LogP contribution is 2.39. The molecule has 5 nitrogen and oxygen atoms in total. The molecule has 2 aliphatic heterocycles. The number of fused-ring (bicyclic) bond motifs is 1. The van der Waals surface area contributed by atoms with E-state index in [-0.39, 0.29) is 0 Å². The van der Waals surface area contributed by atoms with Crippen molar-refractivity contribution in [2.24, 2.45) is 4.99 Å². The fourth-order valence-corrected chi connectivity index (χ4v) is 4.01. The number of amidine groups is 1. The molecule has 0 saturated heterocycles. The minimum atomic E-state index is -0.847. The Labute approximate surface area is 188 Å². The van der Waals surface area contributed by atoms with E-state index in [1.165, 1.54) is 0 Å². The minimum Gasteiger partial charge on any atom is -0.489 e. The molecule has 1 N–H and O–H groups in total. The molecule has 0 radical (unpaired) electrons. The first-order chi connectivity index (χ1) is 15.7. The largest absolute Gasteiger partial charge is 0.489 e. The minimum absolute atomic E-state index is 0.484. The molecule has 0 bridgehead atoms. The number of ether oxygens (including phenoxy) is 1. The van der Waals surface area contributed by atoms with E-state index in [0.29, 0.717) is 13.2 Å². The average molecular weight is 424 g/mol. The lowest BCUT2D eigenvalue weighted by Crippen LogP contribution is -2.40. The van der Waals surface area contributed by atoms with Crippen LogP contribution in [-0.2, 0) is 6.61 Å². The van der Waals surface area contributed by atoms with Gasteiger partial charge in [0.05, 0.1) is 5.69 Å². The molecule has 5 heteroatoms. The second-order valence-electron chi connectivity index (χ2n) is 7.96. The van der Waals surface area contributed by atoms with Gasteiger partial charge in [-0.1, -0.05) is 60.7 Å². The monoisotopic (exact) mass is 423 g/mol. The highest BCUT2D eigenvalue weighted by atomic mass is 16.5. The number of anilines is 1. The summed E-state index contributed by atoms with van der Waals surface area (Å²) >= 11 is 0. The van der Waals surface area contributed by atoms with Crippen molar-refractivity contribution in [3.63, 3.8) is 0 Å². The van der Waals surface area contributed by atoms with E-state index in [2.05, 4.69) is 11.0 Å². The number of hydrogen-bond donors (Lipinski definition) is 1. The standard InChI is InChI=1S/C27H25N3O2/c1-29-16-8-11-21(18-29)26-28-25-15-6-5-14-24(25)27(31)30(26)22-12-7-13-23(17-22)32-19-20-9-3-2-4-10-20/h2-17,27,31H,18-19H2,1H3. The number of hydrogen-bond acceptors (Lipinski definition) is 5. The zero-order valence-electron chi connectivity index (χ0n) is 17.9. The Morgan fingerprint density at radius 1 is 1.00 bits per heavy atom. The van der Waals surface area contributed by atoms with Crippen molar-refractivity contribution >= 4 is 17.2 Å². The summed E-state index contributed by atoms with van der Waals surface area (Å²) in [6.45, 7) is 1.20. The second-order valence-corrected chi connectivity index (χ2v) is 7.96. The Balaban J connectivity index is 1.50. The van der Waals surface area contributed by atoms with E-state index in [0.717, 1.165) is 39.7 Å². The van der Waals surface area contributed by atoms with E-state index in [4.69, 9.17) is 9.73 Å². The number of para-hydroxylation sites is 1. The first kappa shape index (κ1) is 20.1. The van der Waals surface area contributed by atoms with Gasteiger partial charge in [-0.2, -0.15) is 0 Å². The summed E-state index contributed by atoms with van der Waals surface area (Å²) in [5.74, 6) is 1.49. The van der Waals surface area contributed by atoms with Crippen LogP contribution in [-0.4, -0.2) is 29.4 Å². The number of nitrogens with zero attached hydrogens (tertiary/aromatic N) is 3. The van der Waals surface area contributed by atoms with Crippen LogP contribution in [0.4, 0.5) is 11.4 Å². The molecular formula is C27H25N3O2. The zero-order chi connectivity index (χ0) is 21.9. The van der Waals surface area contributed by atoms with Crippen LogP contribution in [0.15, 0.2) is 108 Å². The third-order valence-electron chi connectivity index (χ3n) is 5.60. The lowest BCUT2D eigenvalue weighted by molar-refractivity contribution is 0.186. The Morgan fingerprint density at radius 3 is 2.66 bits per heavy atom. The molecule has 0 saturated carbocycles. The maximum Gasteiger partial charge on any atom is 0.160 e. The van der Waals surface area contributed by atoms with Crippen molar-refractivity contribution < 1.29 is 9.84 Å². The molecule has 2 aliphatic rings. The summed E-state index contributed by atoms with van der Waals surface area (Å²) in [5.41, 5.74) is 4.55. The van der Waals surface area contributed by atoms with Crippen LogP contribution in [0.25, 0.3) is 0 Å². The molecule has 1 atom stereocenters. The number of allylic oxidation sites excluding steroid dienone is 2. The molecule has 0 fully saturated rings. The van der Waals surface area contributed by atoms with Crippen molar-refractivity contribution in [1.82, 2.24) is 4.90 Å². The molecule has 3 aromatic rings. The van der Waals surface area contributed by atoms with Crippen molar-refractivity contribution in [2.75, 3.05) is 18.5 Å². The summed E-state index contributed by atoms with van der Waals surface area (Å²) in [5, 5.41) is 11.4. The molecule has 3 aromatic carbocycles. The van der Waals surface area contributed by atoms with Crippen LogP contribution >= 0.6 is 0 Å². The predicted octanol–water partition coefficient (Wildman–Crippen LogP) is 5.19. The van der Waals surface area contributed by atoms with E-state index in [1.807, 2.05) is 103 Å². The summed E-state index contributed by atoms with van der Waals surface area (Å²) in [6.07, 6.45) is 5.24. The van der Waals surface area contributed by atoms with Gasteiger partial charge in [0.1, 0.15) is 18.2 Å². The Morgan fingerprint density at radius 2 is 1.81 bits per heavy atom. The molecule has 32 heavy (non-hydrogen) atoms. The Kier molecular flexibility index (Phi) is 5.48. The Hall–Kier alpha value is -3.83. The summed E-state index contributed by atoms with van der Waals surface area (Å²) < 4.78 is 6.04. The highest BCUT2D eigenvalue weighted by molar-refractivity contribution is 6.12. The number of likely N-dealkylation sites (N-methyl/N-ethyl adjacent to an activating group) is 1. The number of rotatable bonds is 5. The van der Waals surface area contributed by atoms with E-state index in [9.17, 15) is 5.11 Å². The van der Waals surface area contributed by atoms with Gasteiger partial charge < -0.3 is 14.7 Å². The van der Waals surface area contributed by atoms with Crippen molar-refractivity contribution in [3.8, 4) is 5.75 Å². The lowest BCUT2D eigenvalue weighted by Gasteiger charge is -2.37. The first-order valence-electron chi connectivity index (χ1n) is 10.7. The molecule has 160 valence electrons. The third-order valence-corrected chi connectivity index (χ3v) is 5.60. The van der Waals surface area contributed by atoms with Gasteiger partial charge in [-0.05, 0) is 36.0 Å². The molecule has 0 amide bonds. The average Bonchev–Trinajstić information content (AvgIpc) is 2.83. The van der Waals surface area contributed by atoms with Gasteiger partial charge in [0, 0.05) is 36.5 Å². The fraction of sp³-hybridized carbons (Fsp3) is 0.148. The number of aliphatic hydroxyl groups is 1. The maximum absolute atomic E-state index is 11.4. The Bertz CT molecular complexity index is 1200. The molecule has 0 spiro atoms. The van der Waals surface area contributed by atoms with Gasteiger partial charge in [0.2, 0.25) is 0 Å². The van der Waals surface area contributed by atoms with Crippen molar-refractivity contribution in [1.29, 1.82) is 0 Å². The first-order valence-corrected chi connectivity index (χ1v) is 10.7. The van der Waals surface area contributed by atoms with E-state index >= 15 is 0 Å². The van der Waals surface area contributed by atoms with Gasteiger partial charge in [-0.25, -0.2) is 4.99 Å². The summed E-state index contributed by atoms with van der Waals surface area (Å²) in [4.78, 5) is 8.93. The van der Waals surface area contributed by atoms with Crippen LogP contribution in [0.2, 0.25) is 0 Å². The van der Waals surface area contributed by atoms with Crippen LogP contribution < -0.4 is 9.64 Å². The molecule has 2 heterocycles. The smallest absolute Gasteiger partial charge is 0.160 e. The highest BCUT2D eigenvalue weighted by Gasteiger charge is 2.32. The quantitative estimate of drug-likeness (QED) is 0.613. The van der Waals surface area contributed by atoms with Crippen LogP contribution in [0.5, 0.6) is 5.75 Å². The molecule has 0 aliphatic carbocycles. The summed E-state index contributed by atoms with van der Waals surface area (Å²) in [7, 11) is 2.03. The van der Waals surface area contributed by atoms with Gasteiger partial charge in [0.15, 0.2) is 6.23 Å². The van der Waals surface area contributed by atoms with Gasteiger partial charge in [-0.15, -0.1) is 0 Å². The van der Waals surface area contributed by atoms with Crippen LogP contribution in [0.1, 0.15) is 17.4 Å².